The van der Waals surface area contributed by atoms with E-state index in [4.69, 9.17) is 0 Å². The van der Waals surface area contributed by atoms with E-state index < -0.39 is 0 Å². The first-order valence-electron chi connectivity index (χ1n) is 7.81. The minimum Gasteiger partial charge on any atom is -0.314 e. The Kier molecular flexibility index (Phi) is 6.70. The van der Waals surface area contributed by atoms with Crippen molar-refractivity contribution in [2.45, 2.75) is 60.2 Å². The van der Waals surface area contributed by atoms with Gasteiger partial charge in [-0.25, -0.2) is 0 Å². The molecule has 1 aromatic rings. The van der Waals surface area contributed by atoms with Crippen LogP contribution in [0.1, 0.15) is 47.1 Å². The molecule has 0 saturated heterocycles. The van der Waals surface area contributed by atoms with E-state index in [9.17, 15) is 0 Å². The summed E-state index contributed by atoms with van der Waals surface area (Å²) in [4.78, 5) is 2.57. The third-order valence-corrected chi connectivity index (χ3v) is 3.58. The van der Waals surface area contributed by atoms with Crippen molar-refractivity contribution in [2.24, 2.45) is 5.41 Å². The molecule has 20 heavy (non-hydrogen) atoms. The zero-order valence-corrected chi connectivity index (χ0v) is 14.1. The first-order chi connectivity index (χ1) is 9.30. The maximum Gasteiger partial charge on any atom is 0.0236 e. The normalized spacial score (nSPS) is 12.7. The largest absolute Gasteiger partial charge is 0.314 e. The monoisotopic (exact) mass is 276 g/mol. The molecule has 0 spiro atoms. The van der Waals surface area contributed by atoms with Gasteiger partial charge in [0.15, 0.2) is 0 Å². The Hall–Kier alpha value is -0.860. The van der Waals surface area contributed by atoms with Gasteiger partial charge >= 0.3 is 0 Å². The van der Waals surface area contributed by atoms with Gasteiger partial charge in [-0.15, -0.1) is 0 Å². The summed E-state index contributed by atoms with van der Waals surface area (Å²) in [5.41, 5.74) is 1.68. The summed E-state index contributed by atoms with van der Waals surface area (Å²) in [5, 5.41) is 3.57. The SMILES string of the molecule is CC(C)NCC(C)(C)CN(Cc1ccccc1)C(C)C. The second-order valence-corrected chi connectivity index (χ2v) is 7.18. The summed E-state index contributed by atoms with van der Waals surface area (Å²) in [5.74, 6) is 0. The summed E-state index contributed by atoms with van der Waals surface area (Å²) in [6.07, 6.45) is 0. The molecule has 0 aliphatic rings. The Balaban J connectivity index is 2.62. The topological polar surface area (TPSA) is 15.3 Å². The van der Waals surface area contributed by atoms with Crippen molar-refractivity contribution >= 4 is 0 Å². The van der Waals surface area contributed by atoms with E-state index in [1.54, 1.807) is 0 Å². The molecule has 0 amide bonds. The second kappa shape index (κ2) is 7.80. The average Bonchev–Trinajstić information content (AvgIpc) is 2.37. The highest BCUT2D eigenvalue weighted by atomic mass is 15.2. The average molecular weight is 276 g/mol. The van der Waals surface area contributed by atoms with Gasteiger partial charge in [0, 0.05) is 31.7 Å². The van der Waals surface area contributed by atoms with Crippen LogP contribution in [0.3, 0.4) is 0 Å². The fraction of sp³-hybridized carbons (Fsp3) is 0.667. The Morgan fingerprint density at radius 1 is 1.05 bits per heavy atom. The molecular formula is C18H32N2. The minimum atomic E-state index is 0.281. The van der Waals surface area contributed by atoms with Gasteiger partial charge in [0.25, 0.3) is 0 Å². The van der Waals surface area contributed by atoms with Crippen LogP contribution in [-0.2, 0) is 6.54 Å². The van der Waals surface area contributed by atoms with Gasteiger partial charge in [0.1, 0.15) is 0 Å². The van der Waals surface area contributed by atoms with E-state index in [0.29, 0.717) is 12.1 Å². The van der Waals surface area contributed by atoms with Gasteiger partial charge in [-0.3, -0.25) is 4.90 Å². The fourth-order valence-corrected chi connectivity index (χ4v) is 2.33. The van der Waals surface area contributed by atoms with Crippen LogP contribution in [0.2, 0.25) is 0 Å². The van der Waals surface area contributed by atoms with Crippen molar-refractivity contribution in [2.75, 3.05) is 13.1 Å². The van der Waals surface area contributed by atoms with E-state index in [-0.39, 0.29) is 5.41 Å². The van der Waals surface area contributed by atoms with E-state index in [1.165, 1.54) is 5.56 Å². The first-order valence-corrected chi connectivity index (χ1v) is 7.81. The van der Waals surface area contributed by atoms with Crippen molar-refractivity contribution in [3.8, 4) is 0 Å². The first kappa shape index (κ1) is 17.2. The van der Waals surface area contributed by atoms with Gasteiger partial charge < -0.3 is 5.32 Å². The highest BCUT2D eigenvalue weighted by Crippen LogP contribution is 2.19. The second-order valence-electron chi connectivity index (χ2n) is 7.18. The van der Waals surface area contributed by atoms with Crippen molar-refractivity contribution in [1.82, 2.24) is 10.2 Å². The Labute approximate surface area is 125 Å². The van der Waals surface area contributed by atoms with E-state index in [1.807, 2.05) is 0 Å². The quantitative estimate of drug-likeness (QED) is 0.774. The Morgan fingerprint density at radius 2 is 1.65 bits per heavy atom. The van der Waals surface area contributed by atoms with Crippen LogP contribution in [0.15, 0.2) is 30.3 Å². The third kappa shape index (κ3) is 6.53. The lowest BCUT2D eigenvalue weighted by atomic mass is 9.91. The van der Waals surface area contributed by atoms with Crippen LogP contribution < -0.4 is 5.32 Å². The molecule has 0 atom stereocenters. The van der Waals surface area contributed by atoms with Gasteiger partial charge in [0.05, 0.1) is 0 Å². The van der Waals surface area contributed by atoms with Crippen molar-refractivity contribution < 1.29 is 0 Å². The lowest BCUT2D eigenvalue weighted by Crippen LogP contribution is -2.44. The van der Waals surface area contributed by atoms with Gasteiger partial charge in [0.2, 0.25) is 0 Å². The van der Waals surface area contributed by atoms with Gasteiger partial charge in [-0.2, -0.15) is 0 Å². The Morgan fingerprint density at radius 3 is 2.15 bits per heavy atom. The number of nitrogens with zero attached hydrogens (tertiary/aromatic N) is 1. The lowest BCUT2D eigenvalue weighted by Gasteiger charge is -2.36. The Bertz CT molecular complexity index is 368. The zero-order chi connectivity index (χ0) is 15.2. The number of rotatable bonds is 8. The maximum atomic E-state index is 3.57. The summed E-state index contributed by atoms with van der Waals surface area (Å²) < 4.78 is 0. The number of hydrogen-bond donors (Lipinski definition) is 1. The summed E-state index contributed by atoms with van der Waals surface area (Å²) in [6, 6.07) is 11.9. The molecule has 1 aromatic carbocycles. The predicted molar refractivity (Wildman–Crippen MR) is 88.9 cm³/mol. The smallest absolute Gasteiger partial charge is 0.0236 e. The number of benzene rings is 1. The molecule has 114 valence electrons. The lowest BCUT2D eigenvalue weighted by molar-refractivity contribution is 0.133. The van der Waals surface area contributed by atoms with Gasteiger partial charge in [-0.1, -0.05) is 58.0 Å². The van der Waals surface area contributed by atoms with Gasteiger partial charge in [-0.05, 0) is 24.8 Å². The number of nitrogens with one attached hydrogen (secondary N) is 1. The molecule has 0 fully saturated rings. The van der Waals surface area contributed by atoms with Crippen LogP contribution in [0.4, 0.5) is 0 Å². The molecule has 0 aliphatic carbocycles. The highest BCUT2D eigenvalue weighted by molar-refractivity contribution is 5.14. The molecule has 0 heterocycles. The minimum absolute atomic E-state index is 0.281. The van der Waals surface area contributed by atoms with E-state index in [2.05, 4.69) is 82.1 Å². The van der Waals surface area contributed by atoms with Crippen molar-refractivity contribution in [1.29, 1.82) is 0 Å². The van der Waals surface area contributed by atoms with Crippen LogP contribution in [0, 0.1) is 5.41 Å². The fourth-order valence-electron chi connectivity index (χ4n) is 2.33. The summed E-state index contributed by atoms with van der Waals surface area (Å²) in [7, 11) is 0. The molecule has 2 heteroatoms. The third-order valence-electron chi connectivity index (χ3n) is 3.58. The zero-order valence-electron chi connectivity index (χ0n) is 14.1. The van der Waals surface area contributed by atoms with Crippen LogP contribution >= 0.6 is 0 Å². The van der Waals surface area contributed by atoms with E-state index in [0.717, 1.165) is 19.6 Å². The molecule has 0 radical (unpaired) electrons. The summed E-state index contributed by atoms with van der Waals surface area (Å²) >= 11 is 0. The molecule has 0 aromatic heterocycles. The van der Waals surface area contributed by atoms with Crippen molar-refractivity contribution in [3.05, 3.63) is 35.9 Å². The van der Waals surface area contributed by atoms with Crippen LogP contribution in [0.25, 0.3) is 0 Å². The molecule has 1 rings (SSSR count). The van der Waals surface area contributed by atoms with Crippen LogP contribution in [-0.4, -0.2) is 30.1 Å². The standard InChI is InChI=1S/C18H32N2/c1-15(2)19-13-18(5,6)14-20(16(3)4)12-17-10-8-7-9-11-17/h7-11,15-16,19H,12-14H2,1-6H3. The molecule has 0 aliphatic heterocycles. The number of hydrogen-bond acceptors (Lipinski definition) is 2. The molecular weight excluding hydrogens is 244 g/mol. The predicted octanol–water partition coefficient (Wildman–Crippen LogP) is 3.92. The maximum absolute atomic E-state index is 3.57. The molecule has 0 saturated carbocycles. The molecule has 1 N–H and O–H groups in total. The van der Waals surface area contributed by atoms with Crippen molar-refractivity contribution in [3.63, 3.8) is 0 Å². The molecule has 0 bridgehead atoms. The van der Waals surface area contributed by atoms with Crippen LogP contribution in [0.5, 0.6) is 0 Å². The highest BCUT2D eigenvalue weighted by Gasteiger charge is 2.23. The van der Waals surface area contributed by atoms with E-state index >= 15 is 0 Å². The molecule has 0 unspecified atom stereocenters. The summed E-state index contributed by atoms with van der Waals surface area (Å²) in [6.45, 7) is 16.9. The molecule has 2 nitrogen and oxygen atoms in total.